The molecule has 84 valence electrons. The van der Waals surface area contributed by atoms with Gasteiger partial charge in [0.25, 0.3) is 0 Å². The van der Waals surface area contributed by atoms with Crippen molar-refractivity contribution in [2.24, 2.45) is 0 Å². The van der Waals surface area contributed by atoms with Crippen molar-refractivity contribution in [1.82, 2.24) is 4.72 Å². The first-order chi connectivity index (χ1) is 6.94. The number of benzene rings is 1. The molecular weight excluding hydrogens is 214 g/mol. The van der Waals surface area contributed by atoms with Gasteiger partial charge in [-0.15, -0.1) is 0 Å². The Kier molecular flexibility index (Phi) is 3.71. The zero-order valence-corrected chi connectivity index (χ0v) is 9.84. The molecule has 0 unspecified atom stereocenters. The maximum atomic E-state index is 11.1. The van der Waals surface area contributed by atoms with E-state index in [4.69, 9.17) is 4.74 Å². The average molecular weight is 229 g/mol. The van der Waals surface area contributed by atoms with Crippen LogP contribution in [0.15, 0.2) is 24.3 Å². The summed E-state index contributed by atoms with van der Waals surface area (Å²) in [5.41, 5.74) is 0.824. The van der Waals surface area contributed by atoms with Crippen LogP contribution in [0.4, 0.5) is 0 Å². The van der Waals surface area contributed by atoms with Crippen LogP contribution in [0.2, 0.25) is 0 Å². The van der Waals surface area contributed by atoms with Crippen LogP contribution in [0.1, 0.15) is 18.5 Å². The van der Waals surface area contributed by atoms with Crippen LogP contribution < -0.4 is 9.46 Å². The molecular formula is C10H15NO3S. The molecule has 1 atom stereocenters. The van der Waals surface area contributed by atoms with Crippen LogP contribution in [0, 0.1) is 0 Å². The molecule has 5 heteroatoms. The SMILES string of the molecule is COc1ccccc1[C@H](C)NS(C)(=O)=O. The quantitative estimate of drug-likeness (QED) is 0.846. The molecule has 0 bridgehead atoms. The molecule has 1 aromatic carbocycles. The van der Waals surface area contributed by atoms with Gasteiger partial charge in [0.2, 0.25) is 10.0 Å². The van der Waals surface area contributed by atoms with Gasteiger partial charge in [-0.2, -0.15) is 0 Å². The molecule has 0 saturated carbocycles. The Balaban J connectivity index is 2.95. The lowest BCUT2D eigenvalue weighted by Gasteiger charge is -2.15. The third kappa shape index (κ3) is 3.53. The molecule has 0 fully saturated rings. The second-order valence-electron chi connectivity index (χ2n) is 3.35. The van der Waals surface area contributed by atoms with Crippen molar-refractivity contribution >= 4 is 10.0 Å². The van der Waals surface area contributed by atoms with Gasteiger partial charge in [0.1, 0.15) is 5.75 Å². The van der Waals surface area contributed by atoms with E-state index in [1.807, 2.05) is 18.2 Å². The Morgan fingerprint density at radius 3 is 2.47 bits per heavy atom. The minimum atomic E-state index is -3.20. The number of para-hydroxylation sites is 1. The Hall–Kier alpha value is -1.07. The molecule has 4 nitrogen and oxygen atoms in total. The van der Waals surface area contributed by atoms with E-state index in [2.05, 4.69) is 4.72 Å². The third-order valence-corrected chi connectivity index (χ3v) is 2.78. The minimum absolute atomic E-state index is 0.295. The Labute approximate surface area is 90.3 Å². The van der Waals surface area contributed by atoms with E-state index < -0.39 is 10.0 Å². The first kappa shape index (κ1) is 12.0. The van der Waals surface area contributed by atoms with Gasteiger partial charge in [-0.05, 0) is 13.0 Å². The molecule has 1 aromatic rings. The molecule has 15 heavy (non-hydrogen) atoms. The molecule has 0 aliphatic heterocycles. The van der Waals surface area contributed by atoms with Crippen molar-refractivity contribution in [3.05, 3.63) is 29.8 Å². The predicted octanol–water partition coefficient (Wildman–Crippen LogP) is 1.31. The molecule has 0 radical (unpaired) electrons. The fourth-order valence-corrected chi connectivity index (χ4v) is 2.18. The lowest BCUT2D eigenvalue weighted by molar-refractivity contribution is 0.405. The standard InChI is InChI=1S/C10H15NO3S/c1-8(11-15(3,12)13)9-6-4-5-7-10(9)14-2/h4-8,11H,1-3H3/t8-/m0/s1. The largest absolute Gasteiger partial charge is 0.496 e. The van der Waals surface area contributed by atoms with Crippen molar-refractivity contribution in [2.45, 2.75) is 13.0 Å². The highest BCUT2D eigenvalue weighted by molar-refractivity contribution is 7.88. The van der Waals surface area contributed by atoms with Gasteiger partial charge in [-0.1, -0.05) is 18.2 Å². The van der Waals surface area contributed by atoms with E-state index in [9.17, 15) is 8.42 Å². The van der Waals surface area contributed by atoms with Gasteiger partial charge >= 0.3 is 0 Å². The lowest BCUT2D eigenvalue weighted by Crippen LogP contribution is -2.25. The normalized spacial score (nSPS) is 13.5. The molecule has 0 aliphatic carbocycles. The first-order valence-electron chi connectivity index (χ1n) is 4.54. The van der Waals surface area contributed by atoms with Crippen molar-refractivity contribution in [1.29, 1.82) is 0 Å². The maximum Gasteiger partial charge on any atom is 0.209 e. The molecule has 0 heterocycles. The van der Waals surface area contributed by atoms with E-state index in [-0.39, 0.29) is 6.04 Å². The molecule has 1 N–H and O–H groups in total. The second kappa shape index (κ2) is 4.63. The van der Waals surface area contributed by atoms with E-state index >= 15 is 0 Å². The van der Waals surface area contributed by atoms with Gasteiger partial charge in [0, 0.05) is 11.6 Å². The Bertz CT molecular complexity index is 428. The highest BCUT2D eigenvalue weighted by Crippen LogP contribution is 2.24. The summed E-state index contributed by atoms with van der Waals surface area (Å²) in [5, 5.41) is 0. The zero-order chi connectivity index (χ0) is 11.5. The summed E-state index contributed by atoms with van der Waals surface area (Å²) in [4.78, 5) is 0. The average Bonchev–Trinajstić information content (AvgIpc) is 2.15. The summed E-state index contributed by atoms with van der Waals surface area (Å²) in [5.74, 6) is 0.682. The van der Waals surface area contributed by atoms with Gasteiger partial charge < -0.3 is 4.74 Å². The van der Waals surface area contributed by atoms with Crippen LogP contribution >= 0.6 is 0 Å². The first-order valence-corrected chi connectivity index (χ1v) is 6.43. The van der Waals surface area contributed by atoms with Crippen molar-refractivity contribution in [3.8, 4) is 5.75 Å². The van der Waals surface area contributed by atoms with Gasteiger partial charge in [-0.25, -0.2) is 13.1 Å². The molecule has 0 spiro atoms. The molecule has 0 aromatic heterocycles. The van der Waals surface area contributed by atoms with E-state index in [0.29, 0.717) is 5.75 Å². The van der Waals surface area contributed by atoms with Crippen molar-refractivity contribution < 1.29 is 13.2 Å². The lowest BCUT2D eigenvalue weighted by atomic mass is 10.1. The van der Waals surface area contributed by atoms with E-state index in [1.54, 1.807) is 20.1 Å². The number of rotatable bonds is 4. The van der Waals surface area contributed by atoms with Gasteiger partial charge in [0.15, 0.2) is 0 Å². The number of hydrogen-bond donors (Lipinski definition) is 1. The van der Waals surface area contributed by atoms with E-state index in [1.165, 1.54) is 0 Å². The fourth-order valence-electron chi connectivity index (χ4n) is 1.41. The molecule has 0 saturated heterocycles. The van der Waals surface area contributed by atoms with Crippen LogP contribution in [0.3, 0.4) is 0 Å². The third-order valence-electron chi connectivity index (χ3n) is 2.00. The van der Waals surface area contributed by atoms with Gasteiger partial charge in [0.05, 0.1) is 13.4 Å². The smallest absolute Gasteiger partial charge is 0.209 e. The Morgan fingerprint density at radius 2 is 1.93 bits per heavy atom. The maximum absolute atomic E-state index is 11.1. The Morgan fingerprint density at radius 1 is 1.33 bits per heavy atom. The monoisotopic (exact) mass is 229 g/mol. The topological polar surface area (TPSA) is 55.4 Å². The number of nitrogens with one attached hydrogen (secondary N) is 1. The van der Waals surface area contributed by atoms with E-state index in [0.717, 1.165) is 11.8 Å². The number of sulfonamides is 1. The molecule has 0 amide bonds. The van der Waals surface area contributed by atoms with Crippen molar-refractivity contribution in [2.75, 3.05) is 13.4 Å². The highest BCUT2D eigenvalue weighted by Gasteiger charge is 2.14. The van der Waals surface area contributed by atoms with Crippen LogP contribution in [0.25, 0.3) is 0 Å². The fraction of sp³-hybridized carbons (Fsp3) is 0.400. The summed E-state index contributed by atoms with van der Waals surface area (Å²) in [7, 11) is -1.64. The number of ether oxygens (including phenoxy) is 1. The highest BCUT2D eigenvalue weighted by atomic mass is 32.2. The molecule has 1 rings (SSSR count). The minimum Gasteiger partial charge on any atom is -0.496 e. The summed E-state index contributed by atoms with van der Waals surface area (Å²) in [6.45, 7) is 1.78. The summed E-state index contributed by atoms with van der Waals surface area (Å²) in [6.07, 6.45) is 1.14. The summed E-state index contributed by atoms with van der Waals surface area (Å²) >= 11 is 0. The van der Waals surface area contributed by atoms with Crippen LogP contribution in [0.5, 0.6) is 5.75 Å². The van der Waals surface area contributed by atoms with Crippen LogP contribution in [-0.2, 0) is 10.0 Å². The number of hydrogen-bond acceptors (Lipinski definition) is 3. The summed E-state index contributed by atoms with van der Waals surface area (Å²) in [6, 6.07) is 7.03. The second-order valence-corrected chi connectivity index (χ2v) is 5.13. The van der Waals surface area contributed by atoms with Gasteiger partial charge in [-0.3, -0.25) is 0 Å². The van der Waals surface area contributed by atoms with Crippen LogP contribution in [-0.4, -0.2) is 21.8 Å². The zero-order valence-electron chi connectivity index (χ0n) is 9.02. The molecule has 0 aliphatic rings. The van der Waals surface area contributed by atoms with Crippen molar-refractivity contribution in [3.63, 3.8) is 0 Å². The predicted molar refractivity (Wildman–Crippen MR) is 59.4 cm³/mol. The number of methoxy groups -OCH3 is 1. The summed E-state index contributed by atoms with van der Waals surface area (Å²) < 4.78 is 29.8.